The van der Waals surface area contributed by atoms with Crippen LogP contribution in [0, 0.1) is 12.7 Å². The third-order valence-corrected chi connectivity index (χ3v) is 6.49. The van der Waals surface area contributed by atoms with Crippen LogP contribution in [0.15, 0.2) is 53.6 Å². The average Bonchev–Trinajstić information content (AvgIpc) is 2.77. The summed E-state index contributed by atoms with van der Waals surface area (Å²) in [6, 6.07) is 12.1. The second-order valence-electron chi connectivity index (χ2n) is 7.20. The van der Waals surface area contributed by atoms with Crippen LogP contribution < -0.4 is 14.9 Å². The largest absolute Gasteiger partial charge is 0.344 e. The van der Waals surface area contributed by atoms with Gasteiger partial charge in [-0.3, -0.25) is 10.0 Å². The topological polar surface area (TPSA) is 87.2 Å². The number of anilines is 2. The monoisotopic (exact) mass is 461 g/mol. The summed E-state index contributed by atoms with van der Waals surface area (Å²) in [6.07, 6.45) is 0.952. The molecule has 1 aliphatic heterocycles. The normalized spacial score (nSPS) is 14.5. The fourth-order valence-corrected chi connectivity index (χ4v) is 4.51. The van der Waals surface area contributed by atoms with Crippen LogP contribution in [0.4, 0.5) is 16.0 Å². The summed E-state index contributed by atoms with van der Waals surface area (Å²) in [5, 5.41) is 3.41. The summed E-state index contributed by atoms with van der Waals surface area (Å²) in [5.41, 5.74) is 1.55. The lowest BCUT2D eigenvalue weighted by atomic mass is 10.0. The summed E-state index contributed by atoms with van der Waals surface area (Å²) in [7, 11) is -3.99. The first-order valence-corrected chi connectivity index (χ1v) is 11.6. The Bertz CT molecular complexity index is 1220. The Balaban J connectivity index is 1.64. The lowest BCUT2D eigenvalue weighted by molar-refractivity contribution is 0.547. The van der Waals surface area contributed by atoms with Crippen LogP contribution in [0.3, 0.4) is 0 Å². The van der Waals surface area contributed by atoms with Gasteiger partial charge in [0, 0.05) is 12.1 Å². The first-order chi connectivity index (χ1) is 14.8. The fourth-order valence-electron chi connectivity index (χ4n) is 3.34. The molecule has 7 nitrogen and oxygen atoms in total. The van der Waals surface area contributed by atoms with Crippen LogP contribution >= 0.6 is 11.6 Å². The van der Waals surface area contributed by atoms with Crippen LogP contribution in [0.5, 0.6) is 0 Å². The second kappa shape index (κ2) is 8.78. The van der Waals surface area contributed by atoms with Gasteiger partial charge in [-0.05, 0) is 61.9 Å². The van der Waals surface area contributed by atoms with Gasteiger partial charge in [0.25, 0.3) is 10.0 Å². The van der Waals surface area contributed by atoms with Gasteiger partial charge < -0.3 is 4.90 Å². The van der Waals surface area contributed by atoms with Crippen molar-refractivity contribution in [1.29, 1.82) is 0 Å². The van der Waals surface area contributed by atoms with Gasteiger partial charge in [-0.15, -0.1) is 0 Å². The van der Waals surface area contributed by atoms with Crippen LogP contribution in [0.2, 0.25) is 5.02 Å². The molecular formula is C21H21ClFN5O2S. The highest BCUT2D eigenvalue weighted by atomic mass is 35.5. The number of benzene rings is 1. The third kappa shape index (κ3) is 4.79. The van der Waals surface area contributed by atoms with Gasteiger partial charge in [-0.1, -0.05) is 23.7 Å². The molecule has 1 fully saturated rings. The zero-order valence-electron chi connectivity index (χ0n) is 16.8. The van der Waals surface area contributed by atoms with Gasteiger partial charge in [0.05, 0.1) is 17.4 Å². The van der Waals surface area contributed by atoms with E-state index in [1.54, 1.807) is 25.1 Å². The summed E-state index contributed by atoms with van der Waals surface area (Å²) in [4.78, 5) is 10.6. The first kappa shape index (κ1) is 21.5. The quantitative estimate of drug-likeness (QED) is 0.601. The predicted molar refractivity (Wildman–Crippen MR) is 119 cm³/mol. The van der Waals surface area contributed by atoms with Crippen LogP contribution in [0.1, 0.15) is 12.0 Å². The molecule has 0 unspecified atom stereocenters. The van der Waals surface area contributed by atoms with Crippen molar-refractivity contribution < 1.29 is 12.8 Å². The van der Waals surface area contributed by atoms with E-state index in [1.807, 2.05) is 4.90 Å². The smallest absolute Gasteiger partial charge is 0.280 e. The second-order valence-corrected chi connectivity index (χ2v) is 9.24. The lowest BCUT2D eigenvalue weighted by Gasteiger charge is -2.28. The Morgan fingerprint density at radius 2 is 2.00 bits per heavy atom. The number of sulfonamides is 1. The molecule has 0 aliphatic carbocycles. The zero-order chi connectivity index (χ0) is 22.0. The molecule has 0 saturated carbocycles. The van der Waals surface area contributed by atoms with E-state index >= 15 is 0 Å². The van der Waals surface area contributed by atoms with E-state index in [0.29, 0.717) is 23.7 Å². The molecule has 4 rings (SSSR count). The molecule has 0 bridgehead atoms. The van der Waals surface area contributed by atoms with Gasteiger partial charge >= 0.3 is 0 Å². The maximum Gasteiger partial charge on any atom is 0.280 e. The maximum absolute atomic E-state index is 13.7. The molecule has 1 aromatic carbocycles. The van der Waals surface area contributed by atoms with E-state index in [1.165, 1.54) is 30.3 Å². The minimum atomic E-state index is -3.99. The summed E-state index contributed by atoms with van der Waals surface area (Å²) >= 11 is 6.26. The minimum absolute atomic E-state index is 0.0647. The lowest BCUT2D eigenvalue weighted by Crippen LogP contribution is -2.42. The number of halogens is 2. The number of aromatic nitrogens is 2. The molecular weight excluding hydrogens is 441 g/mol. The number of aryl methyl sites for hydroxylation is 1. The summed E-state index contributed by atoms with van der Waals surface area (Å²) < 4.78 is 42.1. The number of nitrogens with zero attached hydrogens (tertiary/aromatic N) is 3. The molecule has 1 saturated heterocycles. The number of hydrogen-bond donors (Lipinski definition) is 2. The van der Waals surface area contributed by atoms with Gasteiger partial charge in [-0.2, -0.15) is 8.42 Å². The van der Waals surface area contributed by atoms with Crippen molar-refractivity contribution in [3.05, 3.63) is 64.9 Å². The van der Waals surface area contributed by atoms with Crippen molar-refractivity contribution in [3.63, 3.8) is 0 Å². The Labute approximate surface area is 185 Å². The van der Waals surface area contributed by atoms with E-state index in [0.717, 1.165) is 25.1 Å². The highest BCUT2D eigenvalue weighted by molar-refractivity contribution is 7.92. The molecule has 3 aromatic rings. The molecule has 1 aliphatic rings. The third-order valence-electron chi connectivity index (χ3n) is 4.93. The Morgan fingerprint density at radius 1 is 1.16 bits per heavy atom. The van der Waals surface area contributed by atoms with Gasteiger partial charge in [0.1, 0.15) is 17.5 Å². The van der Waals surface area contributed by atoms with E-state index < -0.39 is 15.8 Å². The van der Waals surface area contributed by atoms with Gasteiger partial charge in [-0.25, -0.2) is 14.4 Å². The maximum atomic E-state index is 13.7. The molecule has 0 spiro atoms. The number of pyridine rings is 2. The Hall–Kier alpha value is -2.75. The molecule has 31 heavy (non-hydrogen) atoms. The number of hydrogen-bond acceptors (Lipinski definition) is 6. The van der Waals surface area contributed by atoms with Crippen molar-refractivity contribution in [1.82, 2.24) is 15.3 Å². The van der Waals surface area contributed by atoms with Crippen LogP contribution in [-0.2, 0) is 10.0 Å². The highest BCUT2D eigenvalue weighted by Crippen LogP contribution is 2.31. The van der Waals surface area contributed by atoms with E-state index in [9.17, 15) is 12.8 Å². The van der Waals surface area contributed by atoms with Crippen molar-refractivity contribution in [2.24, 2.45) is 0 Å². The molecule has 3 heterocycles. The van der Waals surface area contributed by atoms with E-state index in [2.05, 4.69) is 20.0 Å². The highest BCUT2D eigenvalue weighted by Gasteiger charge is 2.20. The van der Waals surface area contributed by atoms with Gasteiger partial charge in [0.15, 0.2) is 5.03 Å². The molecule has 10 heteroatoms. The van der Waals surface area contributed by atoms with Crippen molar-refractivity contribution in [3.8, 4) is 11.3 Å². The van der Waals surface area contributed by atoms with E-state index in [-0.39, 0.29) is 15.9 Å². The number of rotatable bonds is 5. The zero-order valence-corrected chi connectivity index (χ0v) is 18.3. The molecule has 162 valence electrons. The molecule has 2 N–H and O–H groups in total. The Morgan fingerprint density at radius 3 is 2.77 bits per heavy atom. The van der Waals surface area contributed by atoms with Crippen LogP contribution in [0.25, 0.3) is 11.3 Å². The molecule has 2 aromatic heterocycles. The molecule has 0 radical (unpaired) electrons. The SMILES string of the molecule is Cc1ccc(F)cc1-c1nc(NS(=O)(=O)c2cccc(N3CCCNC3)n2)ccc1Cl. The van der Waals surface area contributed by atoms with Crippen molar-refractivity contribution in [2.45, 2.75) is 18.4 Å². The standard InChI is InChI=1S/C21H21ClFN5O2S/c1-14-6-7-15(23)12-16(14)21-17(22)8-9-18(25-21)27-31(29,30)20-5-2-4-19(26-20)28-11-3-10-24-13-28/h2,4-9,12,24H,3,10-11,13H2,1H3,(H,25,27). The Kier molecular flexibility index (Phi) is 6.08. The van der Waals surface area contributed by atoms with Crippen molar-refractivity contribution in [2.75, 3.05) is 29.4 Å². The van der Waals surface area contributed by atoms with E-state index in [4.69, 9.17) is 11.6 Å². The first-order valence-electron chi connectivity index (χ1n) is 9.72. The van der Waals surface area contributed by atoms with Crippen LogP contribution in [-0.4, -0.2) is 38.1 Å². The van der Waals surface area contributed by atoms with Gasteiger partial charge in [0.2, 0.25) is 0 Å². The average molecular weight is 462 g/mol. The predicted octanol–water partition coefficient (Wildman–Crippen LogP) is 3.80. The summed E-state index contributed by atoms with van der Waals surface area (Å²) in [6.45, 7) is 4.13. The molecule has 0 atom stereocenters. The number of nitrogens with one attached hydrogen (secondary N) is 2. The fraction of sp³-hybridized carbons (Fsp3) is 0.238. The summed E-state index contributed by atoms with van der Waals surface area (Å²) in [5.74, 6) is 0.211. The minimum Gasteiger partial charge on any atom is -0.344 e. The molecule has 0 amide bonds. The van der Waals surface area contributed by atoms with Crippen molar-refractivity contribution >= 4 is 33.3 Å².